The zero-order chi connectivity index (χ0) is 15.0. The third-order valence-electron chi connectivity index (χ3n) is 2.98. The highest BCUT2D eigenvalue weighted by molar-refractivity contribution is 7.17. The molecule has 0 aliphatic heterocycles. The van der Waals surface area contributed by atoms with Crippen LogP contribution in [0.15, 0.2) is 11.0 Å². The molecule has 2 N–H and O–H groups in total. The first-order valence-corrected chi connectivity index (χ1v) is 6.66. The van der Waals surface area contributed by atoms with Gasteiger partial charge in [0.2, 0.25) is 0 Å². The predicted molar refractivity (Wildman–Crippen MR) is 73.4 cm³/mol. The first kappa shape index (κ1) is 14.2. The Kier molecular flexibility index (Phi) is 3.58. The van der Waals surface area contributed by atoms with Gasteiger partial charge in [0.05, 0.1) is 0 Å². The summed E-state index contributed by atoms with van der Waals surface area (Å²) in [4.78, 5) is 40.4. The number of aliphatic carboxylic acids is 1. The fraction of sp³-hybridized carbons (Fsp3) is 0.333. The van der Waals surface area contributed by atoms with E-state index in [1.54, 1.807) is 6.92 Å². The number of hydrogen-bond donors (Lipinski definition) is 2. The topological polar surface area (TPSA) is 101 Å². The molecule has 2 rings (SSSR count). The van der Waals surface area contributed by atoms with Gasteiger partial charge in [0.25, 0.3) is 11.5 Å². The summed E-state index contributed by atoms with van der Waals surface area (Å²) in [5, 5.41) is 11.0. The van der Waals surface area contributed by atoms with Crippen LogP contribution in [0.4, 0.5) is 0 Å². The van der Waals surface area contributed by atoms with Gasteiger partial charge in [-0.3, -0.25) is 18.8 Å². The Morgan fingerprint density at radius 1 is 1.45 bits per heavy atom. The van der Waals surface area contributed by atoms with E-state index in [9.17, 15) is 14.4 Å². The number of aryl methyl sites for hydroxylation is 2. The van der Waals surface area contributed by atoms with E-state index in [4.69, 9.17) is 5.11 Å². The molecule has 0 radical (unpaired) electrons. The van der Waals surface area contributed by atoms with E-state index in [1.807, 2.05) is 6.92 Å². The Balaban J connectivity index is 2.48. The summed E-state index contributed by atoms with van der Waals surface area (Å²) in [5.41, 5.74) is 0.0619. The normalized spacial score (nSPS) is 12.3. The van der Waals surface area contributed by atoms with Gasteiger partial charge in [-0.2, -0.15) is 0 Å². The highest BCUT2D eigenvalue weighted by atomic mass is 32.1. The Bertz CT molecular complexity index is 762. The van der Waals surface area contributed by atoms with Crippen molar-refractivity contribution >= 4 is 28.2 Å². The quantitative estimate of drug-likeness (QED) is 0.862. The van der Waals surface area contributed by atoms with Gasteiger partial charge in [-0.1, -0.05) is 0 Å². The minimum Gasteiger partial charge on any atom is -0.480 e. The Morgan fingerprint density at radius 3 is 2.70 bits per heavy atom. The number of hydrogen-bond acceptors (Lipinski definition) is 5. The third kappa shape index (κ3) is 2.29. The lowest BCUT2D eigenvalue weighted by Gasteiger charge is -2.08. The fourth-order valence-electron chi connectivity index (χ4n) is 1.67. The molecule has 0 saturated heterocycles. The predicted octanol–water partition coefficient (Wildman–Crippen LogP) is 0.576. The largest absolute Gasteiger partial charge is 0.480 e. The number of aromatic nitrogens is 2. The Hall–Kier alpha value is -2.22. The van der Waals surface area contributed by atoms with Gasteiger partial charge in [-0.05, 0) is 20.8 Å². The van der Waals surface area contributed by atoms with E-state index in [-0.39, 0.29) is 5.56 Å². The molecule has 106 valence electrons. The second-order valence-corrected chi connectivity index (χ2v) is 5.55. The van der Waals surface area contributed by atoms with Crippen molar-refractivity contribution in [1.82, 2.24) is 14.7 Å². The number of nitrogens with one attached hydrogen (secondary N) is 1. The number of nitrogens with zero attached hydrogens (tertiary/aromatic N) is 2. The Labute approximate surface area is 117 Å². The van der Waals surface area contributed by atoms with E-state index in [2.05, 4.69) is 10.3 Å². The van der Waals surface area contributed by atoms with Crippen LogP contribution in [-0.2, 0) is 4.79 Å². The van der Waals surface area contributed by atoms with E-state index in [0.29, 0.717) is 4.96 Å². The summed E-state index contributed by atoms with van der Waals surface area (Å²) in [6.45, 7) is 4.95. The third-order valence-corrected chi connectivity index (χ3v) is 4.05. The molecule has 0 aliphatic rings. The first-order valence-electron chi connectivity index (χ1n) is 5.84. The summed E-state index contributed by atoms with van der Waals surface area (Å²) in [7, 11) is 0. The molecule has 2 aromatic rings. The van der Waals surface area contributed by atoms with E-state index in [1.165, 1.54) is 28.9 Å². The molecule has 0 aromatic carbocycles. The zero-order valence-corrected chi connectivity index (χ0v) is 11.9. The van der Waals surface area contributed by atoms with Crippen LogP contribution in [0.2, 0.25) is 0 Å². The van der Waals surface area contributed by atoms with Crippen molar-refractivity contribution < 1.29 is 14.7 Å². The van der Waals surface area contributed by atoms with Gasteiger partial charge in [-0.25, -0.2) is 4.98 Å². The van der Waals surface area contributed by atoms with Gasteiger partial charge in [-0.15, -0.1) is 11.3 Å². The summed E-state index contributed by atoms with van der Waals surface area (Å²) < 4.78 is 1.36. The minimum atomic E-state index is -1.17. The molecule has 0 spiro atoms. The monoisotopic (exact) mass is 295 g/mol. The average molecular weight is 295 g/mol. The second-order valence-electron chi connectivity index (χ2n) is 4.37. The lowest BCUT2D eigenvalue weighted by atomic mass is 10.2. The number of rotatable bonds is 3. The van der Waals surface area contributed by atoms with Gasteiger partial charge in [0, 0.05) is 16.8 Å². The summed E-state index contributed by atoms with van der Waals surface area (Å²) in [5.74, 6) is -1.91. The van der Waals surface area contributed by atoms with Crippen LogP contribution in [0, 0.1) is 13.8 Å². The molecular formula is C12H13N3O4S. The molecule has 2 aromatic heterocycles. The maximum atomic E-state index is 12.3. The van der Waals surface area contributed by atoms with Crippen molar-refractivity contribution in [2.45, 2.75) is 26.8 Å². The molecule has 20 heavy (non-hydrogen) atoms. The molecule has 1 amide bonds. The van der Waals surface area contributed by atoms with Gasteiger partial charge in [0.15, 0.2) is 4.96 Å². The summed E-state index contributed by atoms with van der Waals surface area (Å²) in [6, 6.07) is -1.08. The van der Waals surface area contributed by atoms with Crippen molar-refractivity contribution in [3.05, 3.63) is 32.7 Å². The second kappa shape index (κ2) is 5.04. The number of carbonyl (C=O) groups excluding carboxylic acids is 1. The number of carbonyl (C=O) groups is 2. The standard InChI is InChI=1S/C12H13N3O4S/c1-5(11(18)19)14-9(16)8-4-13-12-15(10(8)17)6(2)7(3)20-12/h4-5H,1-3H3,(H,14,16)(H,18,19). The fourth-order valence-corrected chi connectivity index (χ4v) is 2.60. The highest BCUT2D eigenvalue weighted by Gasteiger charge is 2.20. The van der Waals surface area contributed by atoms with Crippen LogP contribution >= 0.6 is 11.3 Å². The molecule has 0 bridgehead atoms. The average Bonchev–Trinajstić information content (AvgIpc) is 2.65. The van der Waals surface area contributed by atoms with Crippen LogP contribution in [0.3, 0.4) is 0 Å². The number of amides is 1. The maximum Gasteiger partial charge on any atom is 0.325 e. The lowest BCUT2D eigenvalue weighted by Crippen LogP contribution is -2.41. The van der Waals surface area contributed by atoms with Crippen molar-refractivity contribution in [3.63, 3.8) is 0 Å². The van der Waals surface area contributed by atoms with Crippen LogP contribution in [-0.4, -0.2) is 32.4 Å². The van der Waals surface area contributed by atoms with Crippen LogP contribution in [0.5, 0.6) is 0 Å². The molecule has 8 heteroatoms. The highest BCUT2D eigenvalue weighted by Crippen LogP contribution is 2.18. The number of carboxylic acids is 1. The minimum absolute atomic E-state index is 0.170. The van der Waals surface area contributed by atoms with Gasteiger partial charge < -0.3 is 10.4 Å². The van der Waals surface area contributed by atoms with Crippen molar-refractivity contribution in [2.75, 3.05) is 0 Å². The smallest absolute Gasteiger partial charge is 0.325 e. The molecule has 0 aliphatic carbocycles. The Morgan fingerprint density at radius 2 is 2.10 bits per heavy atom. The lowest BCUT2D eigenvalue weighted by molar-refractivity contribution is -0.138. The van der Waals surface area contributed by atoms with Crippen LogP contribution < -0.4 is 10.9 Å². The van der Waals surface area contributed by atoms with Crippen molar-refractivity contribution in [3.8, 4) is 0 Å². The van der Waals surface area contributed by atoms with Crippen molar-refractivity contribution in [1.29, 1.82) is 0 Å². The number of carboxylic acid groups (broad SMARTS) is 1. The summed E-state index contributed by atoms with van der Waals surface area (Å²) in [6.07, 6.45) is 1.18. The molecule has 1 atom stereocenters. The number of thiazole rings is 1. The van der Waals surface area contributed by atoms with Gasteiger partial charge >= 0.3 is 5.97 Å². The first-order chi connectivity index (χ1) is 9.32. The SMILES string of the molecule is Cc1sc2ncc(C(=O)NC(C)C(=O)O)c(=O)n2c1C. The molecular weight excluding hydrogens is 282 g/mol. The van der Waals surface area contributed by atoms with E-state index in [0.717, 1.165) is 10.6 Å². The molecule has 2 heterocycles. The van der Waals surface area contributed by atoms with E-state index >= 15 is 0 Å². The number of fused-ring (bicyclic) bond motifs is 1. The molecule has 1 unspecified atom stereocenters. The van der Waals surface area contributed by atoms with Crippen molar-refractivity contribution in [2.24, 2.45) is 0 Å². The van der Waals surface area contributed by atoms with E-state index < -0.39 is 23.5 Å². The van der Waals surface area contributed by atoms with Gasteiger partial charge in [0.1, 0.15) is 11.6 Å². The van der Waals surface area contributed by atoms with Crippen LogP contribution in [0.25, 0.3) is 4.96 Å². The molecule has 0 fully saturated rings. The summed E-state index contributed by atoms with van der Waals surface area (Å²) >= 11 is 1.36. The van der Waals surface area contributed by atoms with Crippen LogP contribution in [0.1, 0.15) is 27.9 Å². The molecule has 0 saturated carbocycles. The maximum absolute atomic E-state index is 12.3. The zero-order valence-electron chi connectivity index (χ0n) is 11.1. The molecule has 7 nitrogen and oxygen atoms in total.